The van der Waals surface area contributed by atoms with Crippen LogP contribution in [0.1, 0.15) is 16.8 Å². The molecule has 3 rings (SSSR count). The van der Waals surface area contributed by atoms with Gasteiger partial charge in [-0.15, -0.1) is 11.3 Å². The highest BCUT2D eigenvalue weighted by Crippen LogP contribution is 2.32. The summed E-state index contributed by atoms with van der Waals surface area (Å²) in [6.45, 7) is 0.961. The van der Waals surface area contributed by atoms with E-state index >= 15 is 0 Å². The van der Waals surface area contributed by atoms with Gasteiger partial charge in [0.1, 0.15) is 6.54 Å². The van der Waals surface area contributed by atoms with Crippen LogP contribution < -0.4 is 14.8 Å². The minimum atomic E-state index is -0.300. The molecule has 138 valence electrons. The standard InChI is InChI=1S/C17H19N3O5S/c1-23-7-2-6-20(10-15(21)19-17-18-5-8-26-17)16(22)12-3-4-13-14(9-12)25-11-24-13/h3-5,8-9H,2,6-7,10-11H2,1H3,(H,18,19,21). The Morgan fingerprint density at radius 3 is 2.96 bits per heavy atom. The van der Waals surface area contributed by atoms with Crippen molar-refractivity contribution in [3.63, 3.8) is 0 Å². The molecule has 0 saturated heterocycles. The lowest BCUT2D eigenvalue weighted by atomic mass is 10.1. The number of hydrogen-bond acceptors (Lipinski definition) is 7. The SMILES string of the molecule is COCCCN(CC(=O)Nc1nccs1)C(=O)c1ccc2c(c1)OCO2. The van der Waals surface area contributed by atoms with E-state index in [1.165, 1.54) is 16.2 Å². The van der Waals surface area contributed by atoms with Crippen molar-refractivity contribution in [2.45, 2.75) is 6.42 Å². The highest BCUT2D eigenvalue weighted by Gasteiger charge is 2.22. The van der Waals surface area contributed by atoms with E-state index < -0.39 is 0 Å². The molecular weight excluding hydrogens is 358 g/mol. The maximum atomic E-state index is 12.9. The molecule has 0 atom stereocenters. The molecule has 2 aromatic rings. The number of thiazole rings is 1. The van der Waals surface area contributed by atoms with Gasteiger partial charge in [-0.1, -0.05) is 0 Å². The second kappa shape index (κ2) is 8.63. The third-order valence-electron chi connectivity index (χ3n) is 3.70. The topological polar surface area (TPSA) is 90.0 Å². The summed E-state index contributed by atoms with van der Waals surface area (Å²) in [4.78, 5) is 30.6. The van der Waals surface area contributed by atoms with Crippen LogP contribution in [-0.2, 0) is 9.53 Å². The molecule has 2 amide bonds. The van der Waals surface area contributed by atoms with Crippen LogP contribution in [0.15, 0.2) is 29.8 Å². The van der Waals surface area contributed by atoms with Gasteiger partial charge in [-0.2, -0.15) is 0 Å². The Morgan fingerprint density at radius 2 is 2.19 bits per heavy atom. The van der Waals surface area contributed by atoms with Crippen LogP contribution in [0.4, 0.5) is 5.13 Å². The van der Waals surface area contributed by atoms with E-state index in [-0.39, 0.29) is 25.2 Å². The molecule has 1 aromatic heterocycles. The number of nitrogens with zero attached hydrogens (tertiary/aromatic N) is 2. The fraction of sp³-hybridized carbons (Fsp3) is 0.353. The van der Waals surface area contributed by atoms with Gasteiger partial charge in [0, 0.05) is 37.4 Å². The maximum absolute atomic E-state index is 12.9. The van der Waals surface area contributed by atoms with Gasteiger partial charge >= 0.3 is 0 Å². The predicted octanol–water partition coefficient (Wildman–Crippen LogP) is 1.99. The summed E-state index contributed by atoms with van der Waals surface area (Å²) in [6.07, 6.45) is 2.23. The van der Waals surface area contributed by atoms with Crippen LogP contribution >= 0.6 is 11.3 Å². The van der Waals surface area contributed by atoms with Crippen molar-refractivity contribution in [1.82, 2.24) is 9.88 Å². The summed E-state index contributed by atoms with van der Waals surface area (Å²) < 4.78 is 15.6. The highest BCUT2D eigenvalue weighted by molar-refractivity contribution is 7.13. The van der Waals surface area contributed by atoms with Crippen molar-refractivity contribution < 1.29 is 23.8 Å². The van der Waals surface area contributed by atoms with Crippen molar-refractivity contribution in [1.29, 1.82) is 0 Å². The van der Waals surface area contributed by atoms with E-state index in [4.69, 9.17) is 14.2 Å². The number of hydrogen-bond donors (Lipinski definition) is 1. The molecule has 0 aliphatic carbocycles. The van der Waals surface area contributed by atoms with Gasteiger partial charge in [-0.3, -0.25) is 9.59 Å². The molecule has 0 unspecified atom stereocenters. The lowest BCUT2D eigenvalue weighted by molar-refractivity contribution is -0.116. The molecule has 26 heavy (non-hydrogen) atoms. The zero-order valence-corrected chi connectivity index (χ0v) is 15.1. The molecule has 1 aliphatic rings. The molecule has 8 nitrogen and oxygen atoms in total. The number of carbonyl (C=O) groups excluding carboxylic acids is 2. The van der Waals surface area contributed by atoms with E-state index in [9.17, 15) is 9.59 Å². The number of carbonyl (C=O) groups is 2. The number of anilines is 1. The summed E-state index contributed by atoms with van der Waals surface area (Å²) >= 11 is 1.32. The zero-order valence-electron chi connectivity index (χ0n) is 14.3. The van der Waals surface area contributed by atoms with E-state index in [0.29, 0.717) is 41.8 Å². The quantitative estimate of drug-likeness (QED) is 0.708. The average molecular weight is 377 g/mol. The van der Waals surface area contributed by atoms with E-state index in [1.807, 2.05) is 0 Å². The number of aromatic nitrogens is 1. The molecule has 9 heteroatoms. The fourth-order valence-corrected chi connectivity index (χ4v) is 3.03. The third-order valence-corrected chi connectivity index (χ3v) is 4.38. The second-order valence-corrected chi connectivity index (χ2v) is 6.42. The third kappa shape index (κ3) is 4.50. The van der Waals surface area contributed by atoms with E-state index in [0.717, 1.165) is 0 Å². The molecule has 1 N–H and O–H groups in total. The molecule has 2 heterocycles. The molecule has 1 aromatic carbocycles. The largest absolute Gasteiger partial charge is 0.454 e. The first-order valence-electron chi connectivity index (χ1n) is 8.04. The Morgan fingerprint density at radius 1 is 1.35 bits per heavy atom. The minimum absolute atomic E-state index is 0.0728. The number of amides is 2. The monoisotopic (exact) mass is 377 g/mol. The Hall–Kier alpha value is -2.65. The average Bonchev–Trinajstić information content (AvgIpc) is 3.31. The molecular formula is C17H19N3O5S. The van der Waals surface area contributed by atoms with Crippen molar-refractivity contribution in [3.05, 3.63) is 35.3 Å². The van der Waals surface area contributed by atoms with Gasteiger partial charge in [-0.05, 0) is 24.6 Å². The summed E-state index contributed by atoms with van der Waals surface area (Å²) in [5.41, 5.74) is 0.439. The van der Waals surface area contributed by atoms with Crippen LogP contribution in [0.5, 0.6) is 11.5 Å². The molecule has 0 bridgehead atoms. The Bertz CT molecular complexity index is 766. The Kier molecular flexibility index (Phi) is 6.03. The fourth-order valence-electron chi connectivity index (χ4n) is 2.48. The van der Waals surface area contributed by atoms with Gasteiger partial charge in [0.15, 0.2) is 16.6 Å². The van der Waals surface area contributed by atoms with Crippen molar-refractivity contribution in [2.24, 2.45) is 0 Å². The Labute approximate surface area is 154 Å². The zero-order chi connectivity index (χ0) is 18.4. The normalized spacial score (nSPS) is 12.0. The van der Waals surface area contributed by atoms with E-state index in [2.05, 4.69) is 10.3 Å². The van der Waals surface area contributed by atoms with Gasteiger partial charge in [0.25, 0.3) is 5.91 Å². The molecule has 0 spiro atoms. The smallest absolute Gasteiger partial charge is 0.254 e. The van der Waals surface area contributed by atoms with Gasteiger partial charge in [0.2, 0.25) is 12.7 Å². The summed E-state index contributed by atoms with van der Waals surface area (Å²) in [7, 11) is 1.60. The Balaban J connectivity index is 1.69. The number of rotatable bonds is 8. The van der Waals surface area contributed by atoms with Crippen LogP contribution in [0, 0.1) is 0 Å². The lowest BCUT2D eigenvalue weighted by Crippen LogP contribution is -2.39. The minimum Gasteiger partial charge on any atom is -0.454 e. The summed E-state index contributed by atoms with van der Waals surface area (Å²) in [6, 6.07) is 4.99. The van der Waals surface area contributed by atoms with Gasteiger partial charge in [-0.25, -0.2) is 4.98 Å². The summed E-state index contributed by atoms with van der Waals surface area (Å²) in [5.74, 6) is 0.578. The first-order chi connectivity index (χ1) is 12.7. The highest BCUT2D eigenvalue weighted by atomic mass is 32.1. The number of nitrogens with one attached hydrogen (secondary N) is 1. The molecule has 0 saturated carbocycles. The maximum Gasteiger partial charge on any atom is 0.254 e. The number of fused-ring (bicyclic) bond motifs is 1. The van der Waals surface area contributed by atoms with Gasteiger partial charge in [0.05, 0.1) is 0 Å². The first-order valence-corrected chi connectivity index (χ1v) is 8.92. The second-order valence-electron chi connectivity index (χ2n) is 5.53. The molecule has 0 fully saturated rings. The van der Waals surface area contributed by atoms with Crippen LogP contribution in [0.3, 0.4) is 0 Å². The van der Waals surface area contributed by atoms with Crippen molar-refractivity contribution >= 4 is 28.3 Å². The van der Waals surface area contributed by atoms with Crippen molar-refractivity contribution in [2.75, 3.05) is 38.9 Å². The van der Waals surface area contributed by atoms with Gasteiger partial charge < -0.3 is 24.4 Å². The molecule has 1 aliphatic heterocycles. The lowest BCUT2D eigenvalue weighted by Gasteiger charge is -2.22. The van der Waals surface area contributed by atoms with Crippen molar-refractivity contribution in [3.8, 4) is 11.5 Å². The first kappa shape index (κ1) is 18.2. The predicted molar refractivity (Wildman–Crippen MR) is 95.7 cm³/mol. The van der Waals surface area contributed by atoms with Crippen LogP contribution in [-0.4, -0.2) is 55.3 Å². The van der Waals surface area contributed by atoms with Crippen LogP contribution in [0.2, 0.25) is 0 Å². The van der Waals surface area contributed by atoms with Crippen LogP contribution in [0.25, 0.3) is 0 Å². The van der Waals surface area contributed by atoms with E-state index in [1.54, 1.807) is 36.9 Å². The molecule has 0 radical (unpaired) electrons. The summed E-state index contributed by atoms with van der Waals surface area (Å²) in [5, 5.41) is 4.96. The number of ether oxygens (including phenoxy) is 3. The number of methoxy groups -OCH3 is 1. The number of benzene rings is 1.